The van der Waals surface area contributed by atoms with Gasteiger partial charge in [0.15, 0.2) is 0 Å². The summed E-state index contributed by atoms with van der Waals surface area (Å²) in [6.45, 7) is 0. The van der Waals surface area contributed by atoms with Crippen LogP contribution in [0.25, 0.3) is 0 Å². The van der Waals surface area contributed by atoms with Crippen LogP contribution in [0.4, 0.5) is 5.69 Å². The van der Waals surface area contributed by atoms with Crippen LogP contribution in [0.1, 0.15) is 11.1 Å². The van der Waals surface area contributed by atoms with Gasteiger partial charge in [-0.1, -0.05) is 29.8 Å². The molecule has 0 fully saturated rings. The van der Waals surface area contributed by atoms with Crippen molar-refractivity contribution in [3.05, 3.63) is 69.0 Å². The summed E-state index contributed by atoms with van der Waals surface area (Å²) in [4.78, 5) is 37.5. The largest absolute Gasteiger partial charge is 0.480 e. The van der Waals surface area contributed by atoms with Crippen molar-refractivity contribution in [2.75, 3.05) is 0 Å². The number of aromatic nitrogens is 1. The lowest BCUT2D eigenvalue weighted by Gasteiger charge is -2.14. The second kappa shape index (κ2) is 8.20. The molecule has 0 spiro atoms. The van der Waals surface area contributed by atoms with Crippen molar-refractivity contribution in [3.63, 3.8) is 0 Å². The quantitative estimate of drug-likeness (QED) is 0.440. The first-order chi connectivity index (χ1) is 11.8. The number of pyridine rings is 1. The lowest BCUT2D eigenvalue weighted by Crippen LogP contribution is -2.43. The highest BCUT2D eigenvalue weighted by Crippen LogP contribution is 2.14. The molecule has 130 valence electrons. The van der Waals surface area contributed by atoms with Gasteiger partial charge in [-0.3, -0.25) is 14.9 Å². The molecule has 0 saturated carbocycles. The van der Waals surface area contributed by atoms with E-state index in [0.29, 0.717) is 11.1 Å². The van der Waals surface area contributed by atoms with Gasteiger partial charge in [0.1, 0.15) is 11.2 Å². The molecule has 2 N–H and O–H groups in total. The van der Waals surface area contributed by atoms with E-state index < -0.39 is 22.8 Å². The van der Waals surface area contributed by atoms with E-state index in [2.05, 4.69) is 10.3 Å². The number of carboxylic acids is 1. The molecule has 9 heteroatoms. The van der Waals surface area contributed by atoms with Crippen LogP contribution >= 0.6 is 11.6 Å². The number of nitro benzene ring substituents is 1. The molecule has 2 rings (SSSR count). The van der Waals surface area contributed by atoms with Gasteiger partial charge in [0.25, 0.3) is 5.69 Å². The summed E-state index contributed by atoms with van der Waals surface area (Å²) in [5.41, 5.74) is 0.892. The van der Waals surface area contributed by atoms with Gasteiger partial charge in [-0.15, -0.1) is 0 Å². The number of carbonyl (C=O) groups is 2. The van der Waals surface area contributed by atoms with Crippen molar-refractivity contribution in [1.29, 1.82) is 0 Å². The van der Waals surface area contributed by atoms with Crippen LogP contribution < -0.4 is 5.32 Å². The van der Waals surface area contributed by atoms with E-state index in [4.69, 9.17) is 11.6 Å². The molecule has 0 aliphatic heterocycles. The molecule has 1 amide bonds. The molecule has 0 aliphatic carbocycles. The third-order valence-corrected chi connectivity index (χ3v) is 3.57. The second-order valence-electron chi connectivity index (χ2n) is 5.26. The summed E-state index contributed by atoms with van der Waals surface area (Å²) in [6, 6.07) is 7.63. The third kappa shape index (κ3) is 5.54. The van der Waals surface area contributed by atoms with Gasteiger partial charge >= 0.3 is 5.97 Å². The molecule has 1 aromatic heterocycles. The van der Waals surface area contributed by atoms with E-state index in [1.165, 1.54) is 30.5 Å². The molecule has 2 aromatic rings. The molecule has 0 bridgehead atoms. The van der Waals surface area contributed by atoms with E-state index in [9.17, 15) is 24.8 Å². The van der Waals surface area contributed by atoms with E-state index in [0.717, 1.165) is 0 Å². The Balaban J connectivity index is 2.02. The topological polar surface area (TPSA) is 122 Å². The Bertz CT molecular complexity index is 795. The number of non-ortho nitro benzene ring substituents is 1. The van der Waals surface area contributed by atoms with Crippen LogP contribution in [-0.2, 0) is 22.4 Å². The number of hydrogen-bond donors (Lipinski definition) is 2. The van der Waals surface area contributed by atoms with Gasteiger partial charge in [0, 0.05) is 24.8 Å². The third-order valence-electron chi connectivity index (χ3n) is 3.35. The first-order valence-corrected chi connectivity index (χ1v) is 7.59. The van der Waals surface area contributed by atoms with E-state index in [1.54, 1.807) is 12.1 Å². The molecular weight excluding hydrogens is 350 g/mol. The summed E-state index contributed by atoms with van der Waals surface area (Å²) < 4.78 is 0. The van der Waals surface area contributed by atoms with Crippen LogP contribution in [0.5, 0.6) is 0 Å². The molecule has 0 unspecified atom stereocenters. The minimum atomic E-state index is -1.19. The number of aliphatic carboxylic acids is 1. The molecule has 1 heterocycles. The maximum Gasteiger partial charge on any atom is 0.326 e. The van der Waals surface area contributed by atoms with E-state index in [1.807, 2.05) is 0 Å². The second-order valence-corrected chi connectivity index (χ2v) is 5.64. The van der Waals surface area contributed by atoms with Gasteiger partial charge in [-0.25, -0.2) is 9.78 Å². The highest BCUT2D eigenvalue weighted by molar-refractivity contribution is 6.29. The maximum atomic E-state index is 12.1. The van der Waals surface area contributed by atoms with Gasteiger partial charge in [0.05, 0.1) is 11.3 Å². The lowest BCUT2D eigenvalue weighted by atomic mass is 10.1. The Morgan fingerprint density at radius 2 is 2.04 bits per heavy atom. The fourth-order valence-corrected chi connectivity index (χ4v) is 2.29. The average molecular weight is 364 g/mol. The van der Waals surface area contributed by atoms with E-state index in [-0.39, 0.29) is 23.7 Å². The van der Waals surface area contributed by atoms with Crippen LogP contribution in [-0.4, -0.2) is 32.9 Å². The normalized spacial score (nSPS) is 11.6. The number of amides is 1. The minimum Gasteiger partial charge on any atom is -0.480 e. The predicted molar refractivity (Wildman–Crippen MR) is 89.3 cm³/mol. The van der Waals surface area contributed by atoms with Crippen molar-refractivity contribution in [1.82, 2.24) is 10.3 Å². The van der Waals surface area contributed by atoms with Crippen molar-refractivity contribution in [2.45, 2.75) is 18.9 Å². The van der Waals surface area contributed by atoms with Crippen LogP contribution in [0, 0.1) is 10.1 Å². The molecule has 0 aliphatic rings. The standard InChI is InChI=1S/C16H14ClN3O5/c17-14-5-4-11(9-18-14)7-13(16(22)23)19-15(21)8-10-2-1-3-12(6-10)20(24)25/h1-6,9,13H,7-8H2,(H,19,21)(H,22,23)/t13-/m1/s1. The van der Waals surface area contributed by atoms with Crippen LogP contribution in [0.15, 0.2) is 42.6 Å². The average Bonchev–Trinajstić information content (AvgIpc) is 2.56. The highest BCUT2D eigenvalue weighted by atomic mass is 35.5. The number of halogens is 1. The highest BCUT2D eigenvalue weighted by Gasteiger charge is 2.21. The number of carboxylic acid groups (broad SMARTS) is 1. The summed E-state index contributed by atoms with van der Waals surface area (Å²) in [5.74, 6) is -1.74. The summed E-state index contributed by atoms with van der Waals surface area (Å²) in [7, 11) is 0. The van der Waals surface area contributed by atoms with Gasteiger partial charge < -0.3 is 10.4 Å². The number of hydrogen-bond acceptors (Lipinski definition) is 5. The fraction of sp³-hybridized carbons (Fsp3) is 0.188. The maximum absolute atomic E-state index is 12.1. The number of rotatable bonds is 7. The molecule has 25 heavy (non-hydrogen) atoms. The Morgan fingerprint density at radius 1 is 1.28 bits per heavy atom. The van der Waals surface area contributed by atoms with Crippen molar-refractivity contribution in [3.8, 4) is 0 Å². The molecular formula is C16H14ClN3O5. The Labute approximate surface area is 147 Å². The van der Waals surface area contributed by atoms with Gasteiger partial charge in [0.2, 0.25) is 5.91 Å². The SMILES string of the molecule is O=C(Cc1cccc([N+](=O)[O-])c1)N[C@H](Cc1ccc(Cl)nc1)C(=O)O. The van der Waals surface area contributed by atoms with Gasteiger partial charge in [-0.2, -0.15) is 0 Å². The van der Waals surface area contributed by atoms with Crippen LogP contribution in [0.3, 0.4) is 0 Å². The molecule has 1 aromatic carbocycles. The summed E-state index contributed by atoms with van der Waals surface area (Å²) in [5, 5.41) is 22.7. The first-order valence-electron chi connectivity index (χ1n) is 7.21. The Kier molecular flexibility index (Phi) is 6.02. The smallest absolute Gasteiger partial charge is 0.326 e. The van der Waals surface area contributed by atoms with Crippen molar-refractivity contribution in [2.24, 2.45) is 0 Å². The fourth-order valence-electron chi connectivity index (χ4n) is 2.17. The molecule has 0 radical (unpaired) electrons. The molecule has 8 nitrogen and oxygen atoms in total. The van der Waals surface area contributed by atoms with Crippen LogP contribution in [0.2, 0.25) is 5.15 Å². The number of benzene rings is 1. The number of nitrogens with zero attached hydrogens (tertiary/aromatic N) is 2. The number of carbonyl (C=O) groups excluding carboxylic acids is 1. The number of nitrogens with one attached hydrogen (secondary N) is 1. The first kappa shape index (κ1) is 18.3. The van der Waals surface area contributed by atoms with Crippen molar-refractivity contribution < 1.29 is 19.6 Å². The lowest BCUT2D eigenvalue weighted by molar-refractivity contribution is -0.384. The molecule has 1 atom stereocenters. The zero-order chi connectivity index (χ0) is 18.4. The number of nitro groups is 1. The van der Waals surface area contributed by atoms with E-state index >= 15 is 0 Å². The zero-order valence-electron chi connectivity index (χ0n) is 12.9. The summed E-state index contributed by atoms with van der Waals surface area (Å²) in [6.07, 6.45) is 1.31. The minimum absolute atomic E-state index is 0.0418. The monoisotopic (exact) mass is 363 g/mol. The molecule has 0 saturated heterocycles. The predicted octanol–water partition coefficient (Wildman–Crippen LogP) is 2.00. The van der Waals surface area contributed by atoms with Crippen molar-refractivity contribution >= 4 is 29.2 Å². The van der Waals surface area contributed by atoms with Gasteiger partial charge in [-0.05, 0) is 17.2 Å². The Hall–Kier alpha value is -3.00. The summed E-state index contributed by atoms with van der Waals surface area (Å²) >= 11 is 5.68. The Morgan fingerprint density at radius 3 is 2.64 bits per heavy atom. The zero-order valence-corrected chi connectivity index (χ0v) is 13.6.